The fraction of sp³-hybridized carbons (Fsp3) is 0.400. The van der Waals surface area contributed by atoms with Crippen molar-refractivity contribution in [3.05, 3.63) is 45.2 Å². The van der Waals surface area contributed by atoms with Crippen molar-refractivity contribution < 1.29 is 13.2 Å². The number of rotatable bonds is 1. The molecule has 0 radical (unpaired) electrons. The predicted octanol–water partition coefficient (Wildman–Crippen LogP) is 3.99. The molecule has 0 aliphatic carbocycles. The molecule has 20 heavy (non-hydrogen) atoms. The summed E-state index contributed by atoms with van der Waals surface area (Å²) in [6, 6.07) is 3.49. The van der Waals surface area contributed by atoms with Gasteiger partial charge in [-0.25, -0.2) is 0 Å². The topological polar surface area (TPSA) is 22.0 Å². The van der Waals surface area contributed by atoms with Crippen LogP contribution in [0.5, 0.6) is 0 Å². The largest absolute Gasteiger partial charge is 0.416 e. The monoisotopic (exact) mass is 283 g/mol. The molecule has 1 aromatic carbocycles. The number of aromatic nitrogens is 1. The summed E-state index contributed by atoms with van der Waals surface area (Å²) in [5.74, 6) is -0.0346. The lowest BCUT2D eigenvalue weighted by atomic mass is 9.95. The summed E-state index contributed by atoms with van der Waals surface area (Å²) in [6.45, 7) is 5.44. The van der Waals surface area contributed by atoms with Crippen molar-refractivity contribution in [3.63, 3.8) is 0 Å². The number of aryl methyl sites for hydroxylation is 2. The molecule has 0 bridgehead atoms. The summed E-state index contributed by atoms with van der Waals surface area (Å²) in [6.07, 6.45) is -4.38. The van der Waals surface area contributed by atoms with E-state index in [-0.39, 0.29) is 11.5 Å². The fourth-order valence-electron chi connectivity index (χ4n) is 2.58. The molecule has 0 N–H and O–H groups in total. The highest BCUT2D eigenvalue weighted by molar-refractivity contribution is 5.84. The van der Waals surface area contributed by atoms with Gasteiger partial charge in [0.15, 0.2) is 0 Å². The van der Waals surface area contributed by atoms with Gasteiger partial charge in [0.1, 0.15) is 0 Å². The van der Waals surface area contributed by atoms with Crippen LogP contribution in [0.4, 0.5) is 13.2 Å². The fourth-order valence-corrected chi connectivity index (χ4v) is 2.58. The molecular formula is C15H16F3NO. The van der Waals surface area contributed by atoms with E-state index in [4.69, 9.17) is 0 Å². The van der Waals surface area contributed by atoms with Gasteiger partial charge < -0.3 is 4.57 Å². The van der Waals surface area contributed by atoms with Gasteiger partial charge in [0.05, 0.1) is 11.1 Å². The van der Waals surface area contributed by atoms with Gasteiger partial charge in [-0.2, -0.15) is 13.2 Å². The highest BCUT2D eigenvalue weighted by Gasteiger charge is 2.31. The zero-order valence-corrected chi connectivity index (χ0v) is 11.8. The summed E-state index contributed by atoms with van der Waals surface area (Å²) >= 11 is 0. The van der Waals surface area contributed by atoms with Crippen LogP contribution in [0.15, 0.2) is 23.0 Å². The molecule has 108 valence electrons. The molecule has 0 spiro atoms. The summed E-state index contributed by atoms with van der Waals surface area (Å²) < 4.78 is 39.9. The third-order valence-corrected chi connectivity index (χ3v) is 3.61. The SMILES string of the molecule is Cc1c(C(C)C)c(=O)n(C)c2ccc(C(F)(F)F)cc12. The number of benzene rings is 1. The van der Waals surface area contributed by atoms with Crippen LogP contribution in [-0.2, 0) is 13.2 Å². The lowest BCUT2D eigenvalue weighted by molar-refractivity contribution is -0.137. The minimum Gasteiger partial charge on any atom is -0.311 e. The number of halogens is 3. The molecule has 0 fully saturated rings. The number of nitrogens with zero attached hydrogens (tertiary/aromatic N) is 1. The van der Waals surface area contributed by atoms with Gasteiger partial charge in [-0.05, 0) is 36.6 Å². The van der Waals surface area contributed by atoms with Crippen LogP contribution < -0.4 is 5.56 Å². The van der Waals surface area contributed by atoms with E-state index in [9.17, 15) is 18.0 Å². The Balaban J connectivity index is 2.92. The Morgan fingerprint density at radius 3 is 2.30 bits per heavy atom. The third-order valence-electron chi connectivity index (χ3n) is 3.61. The first-order valence-electron chi connectivity index (χ1n) is 6.35. The number of hydrogen-bond donors (Lipinski definition) is 0. The van der Waals surface area contributed by atoms with Gasteiger partial charge in [-0.1, -0.05) is 13.8 Å². The van der Waals surface area contributed by atoms with E-state index in [1.807, 2.05) is 13.8 Å². The Bertz CT molecular complexity index is 726. The number of alkyl halides is 3. The van der Waals surface area contributed by atoms with Crippen molar-refractivity contribution in [1.82, 2.24) is 4.57 Å². The van der Waals surface area contributed by atoms with Crippen molar-refractivity contribution >= 4 is 10.9 Å². The molecule has 5 heteroatoms. The van der Waals surface area contributed by atoms with Crippen molar-refractivity contribution in [1.29, 1.82) is 0 Å². The minimum atomic E-state index is -4.38. The zero-order valence-electron chi connectivity index (χ0n) is 11.8. The van der Waals surface area contributed by atoms with E-state index in [0.29, 0.717) is 22.0 Å². The Kier molecular flexibility index (Phi) is 3.40. The van der Waals surface area contributed by atoms with E-state index in [1.165, 1.54) is 10.6 Å². The molecule has 2 nitrogen and oxygen atoms in total. The Labute approximate surface area is 114 Å². The van der Waals surface area contributed by atoms with Gasteiger partial charge >= 0.3 is 6.18 Å². The molecule has 2 rings (SSSR count). The van der Waals surface area contributed by atoms with Crippen molar-refractivity contribution in [3.8, 4) is 0 Å². The van der Waals surface area contributed by atoms with Gasteiger partial charge in [-0.15, -0.1) is 0 Å². The van der Waals surface area contributed by atoms with Gasteiger partial charge in [0, 0.05) is 18.0 Å². The minimum absolute atomic E-state index is 0.0346. The average molecular weight is 283 g/mol. The maximum atomic E-state index is 12.8. The first-order valence-corrected chi connectivity index (χ1v) is 6.35. The smallest absolute Gasteiger partial charge is 0.311 e. The Hall–Kier alpha value is -1.78. The molecule has 1 heterocycles. The van der Waals surface area contributed by atoms with Crippen LogP contribution in [0.2, 0.25) is 0 Å². The summed E-state index contributed by atoms with van der Waals surface area (Å²) in [4.78, 5) is 12.3. The number of pyridine rings is 1. The predicted molar refractivity (Wildman–Crippen MR) is 73.0 cm³/mol. The van der Waals surface area contributed by atoms with Crippen LogP contribution in [0.25, 0.3) is 10.9 Å². The summed E-state index contributed by atoms with van der Waals surface area (Å²) in [5, 5.41) is 0.477. The second-order valence-electron chi connectivity index (χ2n) is 5.29. The number of fused-ring (bicyclic) bond motifs is 1. The standard InChI is InChI=1S/C15H16F3NO/c1-8(2)13-9(3)11-7-10(15(16,17)18)5-6-12(11)19(4)14(13)20/h5-8H,1-4H3. The molecule has 0 saturated heterocycles. The quantitative estimate of drug-likeness (QED) is 0.775. The maximum absolute atomic E-state index is 12.8. The van der Waals surface area contributed by atoms with Gasteiger partial charge in [-0.3, -0.25) is 4.79 Å². The first-order chi connectivity index (χ1) is 9.14. The lowest BCUT2D eigenvalue weighted by Gasteiger charge is -2.16. The van der Waals surface area contributed by atoms with Gasteiger partial charge in [0.25, 0.3) is 5.56 Å². The lowest BCUT2D eigenvalue weighted by Crippen LogP contribution is -2.24. The highest BCUT2D eigenvalue weighted by atomic mass is 19.4. The van der Waals surface area contributed by atoms with Crippen molar-refractivity contribution in [2.75, 3.05) is 0 Å². The van der Waals surface area contributed by atoms with Crippen LogP contribution in [0, 0.1) is 6.92 Å². The molecule has 0 unspecified atom stereocenters. The van der Waals surface area contributed by atoms with E-state index in [1.54, 1.807) is 14.0 Å². The molecule has 0 aliphatic rings. The van der Waals surface area contributed by atoms with Crippen molar-refractivity contribution in [2.45, 2.75) is 32.9 Å². The molecule has 1 aromatic heterocycles. The third kappa shape index (κ3) is 2.21. The number of hydrogen-bond acceptors (Lipinski definition) is 1. The van der Waals surface area contributed by atoms with E-state index in [0.717, 1.165) is 12.1 Å². The highest BCUT2D eigenvalue weighted by Crippen LogP contribution is 2.33. The van der Waals surface area contributed by atoms with Gasteiger partial charge in [0.2, 0.25) is 0 Å². The molecular weight excluding hydrogens is 267 g/mol. The van der Waals surface area contributed by atoms with E-state index >= 15 is 0 Å². The summed E-state index contributed by atoms with van der Waals surface area (Å²) in [7, 11) is 1.59. The molecule has 0 aliphatic heterocycles. The summed E-state index contributed by atoms with van der Waals surface area (Å²) in [5.41, 5.74) is 0.875. The zero-order chi connectivity index (χ0) is 15.2. The van der Waals surface area contributed by atoms with Crippen LogP contribution in [-0.4, -0.2) is 4.57 Å². The molecule has 2 aromatic rings. The van der Waals surface area contributed by atoms with Crippen LogP contribution >= 0.6 is 0 Å². The maximum Gasteiger partial charge on any atom is 0.416 e. The molecule has 0 atom stereocenters. The molecule has 0 amide bonds. The van der Waals surface area contributed by atoms with E-state index < -0.39 is 11.7 Å². The van der Waals surface area contributed by atoms with E-state index in [2.05, 4.69) is 0 Å². The Morgan fingerprint density at radius 2 is 1.80 bits per heavy atom. The molecule has 0 saturated carbocycles. The Morgan fingerprint density at radius 1 is 1.20 bits per heavy atom. The second-order valence-corrected chi connectivity index (χ2v) is 5.29. The average Bonchev–Trinajstić information content (AvgIpc) is 2.34. The second kappa shape index (κ2) is 4.65. The van der Waals surface area contributed by atoms with Crippen LogP contribution in [0.3, 0.4) is 0 Å². The van der Waals surface area contributed by atoms with Crippen LogP contribution in [0.1, 0.15) is 36.5 Å². The normalized spacial score (nSPS) is 12.4. The van der Waals surface area contributed by atoms with Crippen molar-refractivity contribution in [2.24, 2.45) is 7.05 Å². The first kappa shape index (κ1) is 14.6.